The molecule has 1 aliphatic carbocycles. The van der Waals surface area contributed by atoms with E-state index in [2.05, 4.69) is 41.8 Å². The van der Waals surface area contributed by atoms with Gasteiger partial charge in [0.1, 0.15) is 5.82 Å². The molecule has 0 unspecified atom stereocenters. The molecule has 0 atom stereocenters. The predicted molar refractivity (Wildman–Crippen MR) is 137 cm³/mol. The molecule has 166 valence electrons. The van der Waals surface area contributed by atoms with Gasteiger partial charge in [0, 0.05) is 46.3 Å². The molecule has 30 heavy (non-hydrogen) atoms. The minimum absolute atomic E-state index is 0. The predicted octanol–water partition coefficient (Wildman–Crippen LogP) is 4.18. The van der Waals surface area contributed by atoms with E-state index in [4.69, 9.17) is 14.7 Å². The first kappa shape index (κ1) is 24.7. The van der Waals surface area contributed by atoms with Gasteiger partial charge < -0.3 is 20.3 Å². The molecule has 0 saturated heterocycles. The summed E-state index contributed by atoms with van der Waals surface area (Å²) in [5.74, 6) is 1.84. The molecule has 1 aromatic carbocycles. The van der Waals surface area contributed by atoms with Crippen LogP contribution in [-0.4, -0.2) is 51.8 Å². The van der Waals surface area contributed by atoms with E-state index in [1.807, 2.05) is 25.1 Å². The topological polar surface area (TPSA) is 61.8 Å². The Morgan fingerprint density at radius 1 is 1.23 bits per heavy atom. The highest BCUT2D eigenvalue weighted by atomic mass is 127. The van der Waals surface area contributed by atoms with Gasteiger partial charge in [0.15, 0.2) is 5.96 Å². The lowest BCUT2D eigenvalue weighted by Gasteiger charge is -2.42. The first-order chi connectivity index (χ1) is 14.1. The SMILES string of the molecule is CCNC(=NCc1cc(N(C)C)nc2ccccc12)NCC1(CCOC)CCC1.I. The number of rotatable bonds is 9. The van der Waals surface area contributed by atoms with E-state index in [0.717, 1.165) is 48.8 Å². The number of ether oxygens (including phenoxy) is 1. The van der Waals surface area contributed by atoms with Crippen molar-refractivity contribution in [3.63, 3.8) is 0 Å². The van der Waals surface area contributed by atoms with Crippen LogP contribution in [0, 0.1) is 5.41 Å². The number of fused-ring (bicyclic) bond motifs is 1. The third kappa shape index (κ3) is 6.20. The van der Waals surface area contributed by atoms with Gasteiger partial charge in [0.2, 0.25) is 0 Å². The number of halogens is 1. The van der Waals surface area contributed by atoms with Gasteiger partial charge in [-0.05, 0) is 49.3 Å². The van der Waals surface area contributed by atoms with E-state index in [0.29, 0.717) is 12.0 Å². The maximum atomic E-state index is 5.32. The number of hydrogen-bond donors (Lipinski definition) is 2. The minimum Gasteiger partial charge on any atom is -0.385 e. The van der Waals surface area contributed by atoms with Crippen molar-refractivity contribution in [2.75, 3.05) is 45.8 Å². The third-order valence-corrected chi connectivity index (χ3v) is 5.88. The molecule has 1 heterocycles. The van der Waals surface area contributed by atoms with Crippen LogP contribution < -0.4 is 15.5 Å². The lowest BCUT2D eigenvalue weighted by molar-refractivity contribution is 0.0732. The van der Waals surface area contributed by atoms with Crippen molar-refractivity contribution in [3.05, 3.63) is 35.9 Å². The number of aliphatic imine (C=N–C) groups is 1. The van der Waals surface area contributed by atoms with E-state index in [-0.39, 0.29) is 24.0 Å². The van der Waals surface area contributed by atoms with Crippen LogP contribution in [0.5, 0.6) is 0 Å². The van der Waals surface area contributed by atoms with Gasteiger partial charge in [-0.1, -0.05) is 24.6 Å². The van der Waals surface area contributed by atoms with Gasteiger partial charge in [-0.2, -0.15) is 0 Å². The summed E-state index contributed by atoms with van der Waals surface area (Å²) in [6, 6.07) is 10.4. The Balaban J connectivity index is 0.00000320. The monoisotopic (exact) mass is 525 g/mol. The Morgan fingerprint density at radius 3 is 2.63 bits per heavy atom. The average Bonchev–Trinajstić information content (AvgIpc) is 2.70. The largest absolute Gasteiger partial charge is 0.385 e. The lowest BCUT2D eigenvalue weighted by Crippen LogP contribution is -2.46. The molecule has 0 spiro atoms. The van der Waals surface area contributed by atoms with Crippen LogP contribution >= 0.6 is 24.0 Å². The van der Waals surface area contributed by atoms with Crippen LogP contribution in [0.4, 0.5) is 5.82 Å². The fourth-order valence-corrected chi connectivity index (χ4v) is 3.88. The van der Waals surface area contributed by atoms with Gasteiger partial charge in [-0.15, -0.1) is 24.0 Å². The van der Waals surface area contributed by atoms with Crippen LogP contribution in [0.2, 0.25) is 0 Å². The normalized spacial score (nSPS) is 15.3. The molecule has 1 saturated carbocycles. The van der Waals surface area contributed by atoms with E-state index < -0.39 is 0 Å². The molecule has 0 radical (unpaired) electrons. The third-order valence-electron chi connectivity index (χ3n) is 5.88. The zero-order chi connectivity index (χ0) is 20.7. The molecule has 0 aliphatic heterocycles. The van der Waals surface area contributed by atoms with Gasteiger partial charge in [-0.3, -0.25) is 0 Å². The Bertz CT molecular complexity index is 835. The fraction of sp³-hybridized carbons (Fsp3) is 0.565. The van der Waals surface area contributed by atoms with E-state index in [1.165, 1.54) is 24.8 Å². The first-order valence-electron chi connectivity index (χ1n) is 10.6. The van der Waals surface area contributed by atoms with E-state index in [9.17, 15) is 0 Å². The Kier molecular flexibility index (Phi) is 9.61. The standard InChI is InChI=1S/C23H35N5O.HI/c1-5-24-22(26-17-23(11-8-12-23)13-14-29-4)25-16-18-15-21(28(2)3)27-20-10-7-6-9-19(18)20;/h6-7,9-10,15H,5,8,11-14,16-17H2,1-4H3,(H2,24,25,26);1H. The molecular formula is C23H36IN5O. The zero-order valence-corrected chi connectivity index (χ0v) is 21.0. The molecular weight excluding hydrogens is 489 g/mol. The second-order valence-corrected chi connectivity index (χ2v) is 8.20. The highest BCUT2D eigenvalue weighted by Crippen LogP contribution is 2.43. The second-order valence-electron chi connectivity index (χ2n) is 8.20. The van der Waals surface area contributed by atoms with Crippen molar-refractivity contribution in [1.29, 1.82) is 0 Å². The van der Waals surface area contributed by atoms with Crippen molar-refractivity contribution in [1.82, 2.24) is 15.6 Å². The minimum atomic E-state index is 0. The zero-order valence-electron chi connectivity index (χ0n) is 18.7. The van der Waals surface area contributed by atoms with Crippen molar-refractivity contribution in [2.24, 2.45) is 10.4 Å². The Hall–Kier alpha value is -1.61. The number of hydrogen-bond acceptors (Lipinski definition) is 4. The van der Waals surface area contributed by atoms with Crippen LogP contribution in [-0.2, 0) is 11.3 Å². The Morgan fingerprint density at radius 2 is 2.00 bits per heavy atom. The van der Waals surface area contributed by atoms with Crippen LogP contribution in [0.3, 0.4) is 0 Å². The van der Waals surface area contributed by atoms with Crippen molar-refractivity contribution in [2.45, 2.75) is 39.2 Å². The summed E-state index contributed by atoms with van der Waals surface area (Å²) >= 11 is 0. The number of aromatic nitrogens is 1. The quantitative estimate of drug-likeness (QED) is 0.292. The Labute approximate surface area is 197 Å². The van der Waals surface area contributed by atoms with Gasteiger partial charge in [0.05, 0.1) is 12.1 Å². The maximum absolute atomic E-state index is 5.32. The van der Waals surface area contributed by atoms with Gasteiger partial charge in [-0.25, -0.2) is 9.98 Å². The molecule has 2 N–H and O–H groups in total. The molecule has 7 heteroatoms. The number of pyridine rings is 1. The summed E-state index contributed by atoms with van der Waals surface area (Å²) in [4.78, 5) is 11.7. The van der Waals surface area contributed by atoms with Crippen LogP contribution in [0.25, 0.3) is 10.9 Å². The number of nitrogens with one attached hydrogen (secondary N) is 2. The number of nitrogens with zero attached hydrogens (tertiary/aromatic N) is 3. The first-order valence-corrected chi connectivity index (χ1v) is 10.6. The van der Waals surface area contributed by atoms with Gasteiger partial charge in [0.25, 0.3) is 0 Å². The summed E-state index contributed by atoms with van der Waals surface area (Å²) < 4.78 is 5.32. The molecule has 0 bridgehead atoms. The molecule has 6 nitrogen and oxygen atoms in total. The number of benzene rings is 1. The second kappa shape index (κ2) is 11.7. The number of methoxy groups -OCH3 is 1. The summed E-state index contributed by atoms with van der Waals surface area (Å²) in [7, 11) is 5.83. The van der Waals surface area contributed by atoms with Crippen LogP contribution in [0.1, 0.15) is 38.2 Å². The molecule has 3 rings (SSSR count). The van der Waals surface area contributed by atoms with Crippen molar-refractivity contribution in [3.8, 4) is 0 Å². The summed E-state index contributed by atoms with van der Waals surface area (Å²) in [5, 5.41) is 8.14. The van der Waals surface area contributed by atoms with E-state index in [1.54, 1.807) is 7.11 Å². The highest BCUT2D eigenvalue weighted by molar-refractivity contribution is 14.0. The molecule has 0 amide bonds. The van der Waals surface area contributed by atoms with Crippen molar-refractivity contribution < 1.29 is 4.74 Å². The maximum Gasteiger partial charge on any atom is 0.191 e. The number of para-hydroxylation sites is 1. The van der Waals surface area contributed by atoms with Gasteiger partial charge >= 0.3 is 0 Å². The molecule has 2 aromatic rings. The molecule has 1 aromatic heterocycles. The number of guanidine groups is 1. The summed E-state index contributed by atoms with van der Waals surface area (Å²) in [5.41, 5.74) is 2.55. The smallest absolute Gasteiger partial charge is 0.191 e. The summed E-state index contributed by atoms with van der Waals surface area (Å²) in [6.45, 7) is 5.34. The molecule has 1 fully saturated rings. The van der Waals surface area contributed by atoms with Crippen molar-refractivity contribution >= 4 is 46.7 Å². The highest BCUT2D eigenvalue weighted by Gasteiger charge is 2.36. The van der Waals surface area contributed by atoms with E-state index >= 15 is 0 Å². The summed E-state index contributed by atoms with van der Waals surface area (Å²) in [6.07, 6.45) is 4.96. The van der Waals surface area contributed by atoms with Crippen LogP contribution in [0.15, 0.2) is 35.3 Å². The fourth-order valence-electron chi connectivity index (χ4n) is 3.88. The lowest BCUT2D eigenvalue weighted by atomic mass is 9.67. The molecule has 1 aliphatic rings. The number of anilines is 1. The average molecular weight is 525 g/mol.